The van der Waals surface area contributed by atoms with Gasteiger partial charge in [-0.25, -0.2) is 0 Å². The largest absolute Gasteiger partial charge is 0.396 e. The minimum atomic E-state index is -0.657. The lowest BCUT2D eigenvalue weighted by Crippen LogP contribution is -2.45. The summed E-state index contributed by atoms with van der Waals surface area (Å²) in [6.45, 7) is 4.10. The van der Waals surface area contributed by atoms with Gasteiger partial charge in [0.05, 0.1) is 10.6 Å². The SMILES string of the molecule is CC(CCO)CNC(=O)C(C)NC(=O)c1ccccc1Cl. The van der Waals surface area contributed by atoms with Crippen molar-refractivity contribution in [2.24, 2.45) is 5.92 Å². The van der Waals surface area contributed by atoms with Crippen LogP contribution in [0.2, 0.25) is 5.02 Å². The zero-order valence-electron chi connectivity index (χ0n) is 12.2. The van der Waals surface area contributed by atoms with Crippen LogP contribution in [0.15, 0.2) is 24.3 Å². The van der Waals surface area contributed by atoms with E-state index in [-0.39, 0.29) is 24.3 Å². The zero-order chi connectivity index (χ0) is 15.8. The van der Waals surface area contributed by atoms with Gasteiger partial charge in [-0.2, -0.15) is 0 Å². The standard InChI is InChI=1S/C15H21ClN2O3/c1-10(7-8-19)9-17-14(20)11(2)18-15(21)12-5-3-4-6-13(12)16/h3-6,10-11,19H,7-9H2,1-2H3,(H,17,20)(H,18,21). The summed E-state index contributed by atoms with van der Waals surface area (Å²) in [5.41, 5.74) is 0.340. The third-order valence-electron chi connectivity index (χ3n) is 3.11. The lowest BCUT2D eigenvalue weighted by atomic mass is 10.1. The maximum absolute atomic E-state index is 12.0. The van der Waals surface area contributed by atoms with E-state index in [2.05, 4.69) is 10.6 Å². The Bertz CT molecular complexity index is 494. The fourth-order valence-corrected chi connectivity index (χ4v) is 1.96. The first-order valence-corrected chi connectivity index (χ1v) is 7.27. The lowest BCUT2D eigenvalue weighted by molar-refractivity contribution is -0.122. The molecule has 0 aliphatic heterocycles. The Morgan fingerprint density at radius 3 is 2.57 bits per heavy atom. The maximum Gasteiger partial charge on any atom is 0.253 e. The Morgan fingerprint density at radius 1 is 1.29 bits per heavy atom. The summed E-state index contributed by atoms with van der Waals surface area (Å²) >= 11 is 5.93. The van der Waals surface area contributed by atoms with Crippen LogP contribution >= 0.6 is 11.6 Å². The average molecular weight is 313 g/mol. The second kappa shape index (κ2) is 8.64. The Hall–Kier alpha value is -1.59. The quantitative estimate of drug-likeness (QED) is 0.715. The van der Waals surface area contributed by atoms with E-state index in [4.69, 9.17) is 16.7 Å². The number of aliphatic hydroxyl groups is 1. The number of hydrogen-bond donors (Lipinski definition) is 3. The van der Waals surface area contributed by atoms with Crippen molar-refractivity contribution in [1.29, 1.82) is 0 Å². The highest BCUT2D eigenvalue weighted by Crippen LogP contribution is 2.14. The summed E-state index contributed by atoms with van der Waals surface area (Å²) in [5, 5.41) is 14.5. The highest BCUT2D eigenvalue weighted by Gasteiger charge is 2.18. The van der Waals surface area contributed by atoms with Crippen molar-refractivity contribution in [3.8, 4) is 0 Å². The molecule has 0 spiro atoms. The normalized spacial score (nSPS) is 13.3. The second-order valence-electron chi connectivity index (χ2n) is 5.04. The number of amides is 2. The molecule has 2 amide bonds. The van der Waals surface area contributed by atoms with Crippen molar-refractivity contribution in [3.05, 3.63) is 34.9 Å². The van der Waals surface area contributed by atoms with Crippen molar-refractivity contribution in [2.45, 2.75) is 26.3 Å². The highest BCUT2D eigenvalue weighted by molar-refractivity contribution is 6.33. The van der Waals surface area contributed by atoms with E-state index in [0.717, 1.165) is 0 Å². The molecule has 0 aliphatic rings. The molecule has 116 valence electrons. The van der Waals surface area contributed by atoms with Crippen LogP contribution in [0.25, 0.3) is 0 Å². The number of nitrogens with one attached hydrogen (secondary N) is 2. The van der Waals surface area contributed by atoms with Crippen molar-refractivity contribution < 1.29 is 14.7 Å². The van der Waals surface area contributed by atoms with Crippen LogP contribution in [-0.2, 0) is 4.79 Å². The molecule has 2 atom stereocenters. The molecule has 0 saturated heterocycles. The second-order valence-corrected chi connectivity index (χ2v) is 5.44. The number of benzene rings is 1. The molecule has 1 aromatic carbocycles. The molecule has 1 aromatic rings. The van der Waals surface area contributed by atoms with E-state index >= 15 is 0 Å². The molecule has 1 rings (SSSR count). The molecule has 0 radical (unpaired) electrons. The predicted octanol–water partition coefficient (Wildman–Crippen LogP) is 1.59. The van der Waals surface area contributed by atoms with Gasteiger partial charge in [0.15, 0.2) is 0 Å². The summed E-state index contributed by atoms with van der Waals surface area (Å²) in [5.74, 6) is -0.461. The topological polar surface area (TPSA) is 78.4 Å². The molecule has 5 nitrogen and oxygen atoms in total. The van der Waals surface area contributed by atoms with E-state index in [0.29, 0.717) is 23.6 Å². The van der Waals surface area contributed by atoms with Crippen LogP contribution in [0.3, 0.4) is 0 Å². The van der Waals surface area contributed by atoms with Crippen LogP contribution in [0.4, 0.5) is 0 Å². The smallest absolute Gasteiger partial charge is 0.253 e. The first-order valence-electron chi connectivity index (χ1n) is 6.89. The zero-order valence-corrected chi connectivity index (χ0v) is 13.0. The van der Waals surface area contributed by atoms with E-state index in [1.807, 2.05) is 6.92 Å². The molecular weight excluding hydrogens is 292 g/mol. The van der Waals surface area contributed by atoms with Gasteiger partial charge in [-0.15, -0.1) is 0 Å². The maximum atomic E-state index is 12.0. The van der Waals surface area contributed by atoms with E-state index in [1.165, 1.54) is 0 Å². The monoisotopic (exact) mass is 312 g/mol. The van der Waals surface area contributed by atoms with Crippen molar-refractivity contribution in [1.82, 2.24) is 10.6 Å². The Morgan fingerprint density at radius 2 is 1.95 bits per heavy atom. The summed E-state index contributed by atoms with van der Waals surface area (Å²) in [4.78, 5) is 23.9. The molecule has 0 aliphatic carbocycles. The third kappa shape index (κ3) is 5.73. The van der Waals surface area contributed by atoms with Crippen LogP contribution in [0.1, 0.15) is 30.6 Å². The third-order valence-corrected chi connectivity index (χ3v) is 3.44. The number of carbonyl (C=O) groups excluding carboxylic acids is 2. The molecule has 0 fully saturated rings. The highest BCUT2D eigenvalue weighted by atomic mass is 35.5. The van der Waals surface area contributed by atoms with Gasteiger partial charge in [-0.3, -0.25) is 9.59 Å². The van der Waals surface area contributed by atoms with Gasteiger partial charge in [0.1, 0.15) is 6.04 Å². The fourth-order valence-electron chi connectivity index (χ4n) is 1.74. The minimum Gasteiger partial charge on any atom is -0.396 e. The van der Waals surface area contributed by atoms with Gasteiger partial charge >= 0.3 is 0 Å². The molecule has 0 aromatic heterocycles. The Labute approximate surface area is 129 Å². The fraction of sp³-hybridized carbons (Fsp3) is 0.467. The summed E-state index contributed by atoms with van der Waals surface area (Å²) < 4.78 is 0. The van der Waals surface area contributed by atoms with E-state index < -0.39 is 6.04 Å². The van der Waals surface area contributed by atoms with Crippen LogP contribution in [0.5, 0.6) is 0 Å². The number of carbonyl (C=O) groups is 2. The number of aliphatic hydroxyl groups excluding tert-OH is 1. The first-order chi connectivity index (χ1) is 9.95. The molecular formula is C15H21ClN2O3. The van der Waals surface area contributed by atoms with Gasteiger partial charge in [0.2, 0.25) is 5.91 Å². The molecule has 0 saturated carbocycles. The van der Waals surface area contributed by atoms with E-state index in [9.17, 15) is 9.59 Å². The summed E-state index contributed by atoms with van der Waals surface area (Å²) in [6.07, 6.45) is 0.626. The van der Waals surface area contributed by atoms with Gasteiger partial charge in [0.25, 0.3) is 5.91 Å². The van der Waals surface area contributed by atoms with Crippen molar-refractivity contribution in [3.63, 3.8) is 0 Å². The Kier molecular flexibility index (Phi) is 7.19. The van der Waals surface area contributed by atoms with Gasteiger partial charge in [-0.1, -0.05) is 30.7 Å². The first kappa shape index (κ1) is 17.5. The van der Waals surface area contributed by atoms with Crippen LogP contribution in [-0.4, -0.2) is 36.1 Å². The average Bonchev–Trinajstić information content (AvgIpc) is 2.45. The van der Waals surface area contributed by atoms with E-state index in [1.54, 1.807) is 31.2 Å². The molecule has 3 N–H and O–H groups in total. The molecule has 21 heavy (non-hydrogen) atoms. The number of rotatable bonds is 7. The van der Waals surface area contributed by atoms with Gasteiger partial charge < -0.3 is 15.7 Å². The van der Waals surface area contributed by atoms with Crippen molar-refractivity contribution >= 4 is 23.4 Å². The number of halogens is 1. The molecule has 6 heteroatoms. The minimum absolute atomic E-state index is 0.0931. The van der Waals surface area contributed by atoms with Crippen LogP contribution in [0, 0.1) is 5.92 Å². The summed E-state index contributed by atoms with van der Waals surface area (Å²) in [6, 6.07) is 6.01. The molecule has 2 unspecified atom stereocenters. The van der Waals surface area contributed by atoms with Crippen LogP contribution < -0.4 is 10.6 Å². The predicted molar refractivity (Wildman–Crippen MR) is 82.3 cm³/mol. The Balaban J connectivity index is 2.49. The number of hydrogen-bond acceptors (Lipinski definition) is 3. The van der Waals surface area contributed by atoms with Gasteiger partial charge in [-0.05, 0) is 31.4 Å². The lowest BCUT2D eigenvalue weighted by Gasteiger charge is -2.16. The van der Waals surface area contributed by atoms with Gasteiger partial charge in [0, 0.05) is 13.2 Å². The summed E-state index contributed by atoms with van der Waals surface area (Å²) in [7, 11) is 0. The molecule has 0 heterocycles. The molecule has 0 bridgehead atoms. The van der Waals surface area contributed by atoms with Crippen molar-refractivity contribution in [2.75, 3.05) is 13.2 Å².